The van der Waals surface area contributed by atoms with Crippen molar-refractivity contribution in [2.75, 3.05) is 5.32 Å². The highest BCUT2D eigenvalue weighted by atomic mass is 16.6. The van der Waals surface area contributed by atoms with Gasteiger partial charge in [-0.25, -0.2) is 0 Å². The summed E-state index contributed by atoms with van der Waals surface area (Å²) in [5, 5.41) is 22.9. The summed E-state index contributed by atoms with van der Waals surface area (Å²) in [6, 6.07) is 6.69. The lowest BCUT2D eigenvalue weighted by molar-refractivity contribution is -0.385. The van der Waals surface area contributed by atoms with Crippen LogP contribution in [-0.2, 0) is 0 Å². The van der Waals surface area contributed by atoms with E-state index in [1.54, 1.807) is 6.07 Å². The van der Waals surface area contributed by atoms with E-state index in [9.17, 15) is 10.1 Å². The number of nitro benzene ring substituents is 1. The number of nitriles is 1. The highest BCUT2D eigenvalue weighted by Crippen LogP contribution is 2.23. The lowest BCUT2D eigenvalue weighted by Gasteiger charge is -2.22. The van der Waals surface area contributed by atoms with Crippen LogP contribution in [0.3, 0.4) is 0 Å². The number of hydrogen-bond donors (Lipinski definition) is 1. The largest absolute Gasteiger partial charge is 0.382 e. The summed E-state index contributed by atoms with van der Waals surface area (Å²) >= 11 is 0. The Morgan fingerprint density at radius 1 is 1.50 bits per heavy atom. The molecular formula is C13H17N3O2. The lowest BCUT2D eigenvalue weighted by atomic mass is 10.0. The summed E-state index contributed by atoms with van der Waals surface area (Å²) in [7, 11) is 0. The van der Waals surface area contributed by atoms with E-state index in [0.717, 1.165) is 12.1 Å². The summed E-state index contributed by atoms with van der Waals surface area (Å²) in [5.74, 6) is 0.454. The number of nitrogens with zero attached hydrogens (tertiary/aromatic N) is 2. The molecule has 18 heavy (non-hydrogen) atoms. The molecule has 0 saturated heterocycles. The normalized spacial score (nSPS) is 11.9. The highest BCUT2D eigenvalue weighted by Gasteiger charge is 2.16. The molecule has 0 saturated carbocycles. The minimum Gasteiger partial charge on any atom is -0.382 e. The second-order valence-corrected chi connectivity index (χ2v) is 4.50. The molecule has 1 atom stereocenters. The van der Waals surface area contributed by atoms with E-state index in [4.69, 9.17) is 5.26 Å². The number of nitro groups is 1. The van der Waals surface area contributed by atoms with Crippen LogP contribution >= 0.6 is 0 Å². The highest BCUT2D eigenvalue weighted by molar-refractivity contribution is 5.59. The second kappa shape index (κ2) is 6.01. The molecule has 0 amide bonds. The minimum absolute atomic E-state index is 0.0867. The van der Waals surface area contributed by atoms with Crippen molar-refractivity contribution < 1.29 is 4.92 Å². The first kappa shape index (κ1) is 14.0. The Bertz CT molecular complexity index is 478. The molecule has 0 aliphatic heterocycles. The fourth-order valence-corrected chi connectivity index (χ4v) is 1.83. The molecule has 0 bridgehead atoms. The summed E-state index contributed by atoms with van der Waals surface area (Å²) in [4.78, 5) is 10.2. The average Bonchev–Trinajstić information content (AvgIpc) is 2.34. The summed E-state index contributed by atoms with van der Waals surface area (Å²) in [6.07, 6.45) is 0.955. The van der Waals surface area contributed by atoms with E-state index in [-0.39, 0.29) is 17.3 Å². The summed E-state index contributed by atoms with van der Waals surface area (Å²) in [5.41, 5.74) is 0.682. The number of benzene rings is 1. The molecule has 96 valence electrons. The molecule has 1 rings (SSSR count). The first-order valence-electron chi connectivity index (χ1n) is 5.94. The monoisotopic (exact) mass is 247 g/mol. The Morgan fingerprint density at radius 3 is 2.61 bits per heavy atom. The van der Waals surface area contributed by atoms with Crippen molar-refractivity contribution in [1.82, 2.24) is 0 Å². The number of hydrogen-bond acceptors (Lipinski definition) is 4. The predicted molar refractivity (Wildman–Crippen MR) is 70.4 cm³/mol. The SMILES string of the molecule is CCC(Nc1ccc([N+](=O)[O-])c(C#N)c1)C(C)C. The quantitative estimate of drug-likeness (QED) is 0.639. The van der Waals surface area contributed by atoms with Gasteiger partial charge in [0.25, 0.3) is 5.69 Å². The molecule has 0 aliphatic rings. The van der Waals surface area contributed by atoms with Gasteiger partial charge in [-0.1, -0.05) is 20.8 Å². The number of nitrogens with one attached hydrogen (secondary N) is 1. The third kappa shape index (κ3) is 3.20. The lowest BCUT2D eigenvalue weighted by Crippen LogP contribution is -2.24. The van der Waals surface area contributed by atoms with Gasteiger partial charge in [0, 0.05) is 17.8 Å². The van der Waals surface area contributed by atoms with Crippen LogP contribution in [0.5, 0.6) is 0 Å². The molecule has 1 aromatic rings. The Hall–Kier alpha value is -2.09. The topological polar surface area (TPSA) is 79.0 Å². The van der Waals surface area contributed by atoms with Gasteiger partial charge in [-0.05, 0) is 24.5 Å². The predicted octanol–water partition coefficient (Wildman–Crippen LogP) is 3.31. The van der Waals surface area contributed by atoms with Crippen molar-refractivity contribution in [3.05, 3.63) is 33.9 Å². The molecule has 0 aromatic heterocycles. The van der Waals surface area contributed by atoms with Gasteiger partial charge in [0.05, 0.1) is 4.92 Å². The van der Waals surface area contributed by atoms with Crippen molar-refractivity contribution in [2.45, 2.75) is 33.2 Å². The van der Waals surface area contributed by atoms with Crippen LogP contribution < -0.4 is 5.32 Å². The summed E-state index contributed by atoms with van der Waals surface area (Å²) in [6.45, 7) is 6.30. The first-order chi connectivity index (χ1) is 8.49. The molecule has 0 fully saturated rings. The van der Waals surface area contributed by atoms with Crippen LogP contribution in [0.15, 0.2) is 18.2 Å². The fourth-order valence-electron chi connectivity index (χ4n) is 1.83. The Morgan fingerprint density at radius 2 is 2.17 bits per heavy atom. The Labute approximate surface area is 107 Å². The van der Waals surface area contributed by atoms with Gasteiger partial charge in [-0.3, -0.25) is 10.1 Å². The number of anilines is 1. The standard InChI is InChI=1S/C13H17N3O2/c1-4-12(9(2)3)15-11-5-6-13(16(17)18)10(7-11)8-14/h5-7,9,12,15H,4H2,1-3H3. The van der Waals surface area contributed by atoms with Crippen LogP contribution in [-0.4, -0.2) is 11.0 Å². The van der Waals surface area contributed by atoms with Gasteiger partial charge >= 0.3 is 0 Å². The molecule has 1 aromatic carbocycles. The van der Waals surface area contributed by atoms with Gasteiger partial charge in [0.2, 0.25) is 0 Å². The van der Waals surface area contributed by atoms with Crippen molar-refractivity contribution in [2.24, 2.45) is 5.92 Å². The molecule has 0 spiro atoms. The molecule has 1 N–H and O–H groups in total. The maximum atomic E-state index is 10.7. The summed E-state index contributed by atoms with van der Waals surface area (Å²) < 4.78 is 0. The van der Waals surface area contributed by atoms with Crippen LogP contribution in [0, 0.1) is 27.4 Å². The van der Waals surface area contributed by atoms with Crippen LogP contribution in [0.1, 0.15) is 32.8 Å². The zero-order chi connectivity index (χ0) is 13.7. The second-order valence-electron chi connectivity index (χ2n) is 4.50. The zero-order valence-corrected chi connectivity index (χ0v) is 10.8. The van der Waals surface area contributed by atoms with Gasteiger partial charge in [-0.15, -0.1) is 0 Å². The Kier molecular flexibility index (Phi) is 4.67. The Balaban J connectivity index is 3.00. The maximum absolute atomic E-state index is 10.7. The molecule has 5 nitrogen and oxygen atoms in total. The molecule has 1 unspecified atom stereocenters. The van der Waals surface area contributed by atoms with Gasteiger partial charge < -0.3 is 5.32 Å². The van der Waals surface area contributed by atoms with Crippen molar-refractivity contribution in [3.63, 3.8) is 0 Å². The van der Waals surface area contributed by atoms with E-state index in [0.29, 0.717) is 5.92 Å². The number of rotatable bonds is 5. The zero-order valence-electron chi connectivity index (χ0n) is 10.8. The van der Waals surface area contributed by atoms with Crippen molar-refractivity contribution in [1.29, 1.82) is 5.26 Å². The van der Waals surface area contributed by atoms with Crippen LogP contribution in [0.25, 0.3) is 0 Å². The minimum atomic E-state index is -0.540. The first-order valence-corrected chi connectivity index (χ1v) is 5.94. The van der Waals surface area contributed by atoms with Crippen LogP contribution in [0.2, 0.25) is 0 Å². The van der Waals surface area contributed by atoms with Gasteiger partial charge in [0.15, 0.2) is 0 Å². The van der Waals surface area contributed by atoms with Gasteiger partial charge in [0.1, 0.15) is 11.6 Å². The van der Waals surface area contributed by atoms with Gasteiger partial charge in [-0.2, -0.15) is 5.26 Å². The molecule has 0 radical (unpaired) electrons. The van der Waals surface area contributed by atoms with Crippen molar-refractivity contribution >= 4 is 11.4 Å². The fraction of sp³-hybridized carbons (Fsp3) is 0.462. The van der Waals surface area contributed by atoms with E-state index in [2.05, 4.69) is 26.1 Å². The van der Waals surface area contributed by atoms with E-state index in [1.807, 2.05) is 6.07 Å². The third-order valence-corrected chi connectivity index (χ3v) is 2.91. The molecule has 5 heteroatoms. The third-order valence-electron chi connectivity index (χ3n) is 2.91. The van der Waals surface area contributed by atoms with Crippen LogP contribution in [0.4, 0.5) is 11.4 Å². The van der Waals surface area contributed by atoms with Crippen molar-refractivity contribution in [3.8, 4) is 6.07 Å². The average molecular weight is 247 g/mol. The maximum Gasteiger partial charge on any atom is 0.287 e. The van der Waals surface area contributed by atoms with E-state index >= 15 is 0 Å². The molecule has 0 aliphatic carbocycles. The molecule has 0 heterocycles. The molecular weight excluding hydrogens is 230 g/mol. The van der Waals surface area contributed by atoms with E-state index < -0.39 is 4.92 Å². The smallest absolute Gasteiger partial charge is 0.287 e. The van der Waals surface area contributed by atoms with E-state index in [1.165, 1.54) is 12.1 Å².